The number of fused-ring (bicyclic) bond motifs is 8. The summed E-state index contributed by atoms with van der Waals surface area (Å²) in [6, 6.07) is 36.0. The maximum atomic E-state index is 11.7. The summed E-state index contributed by atoms with van der Waals surface area (Å²) in [7, 11) is 0. The van der Waals surface area contributed by atoms with Gasteiger partial charge in [0.05, 0.1) is 52.9 Å². The molecule has 6 aromatic rings. The van der Waals surface area contributed by atoms with Crippen LogP contribution in [0, 0.1) is 0 Å². The van der Waals surface area contributed by atoms with Gasteiger partial charge in [0.15, 0.2) is 0 Å². The second kappa shape index (κ2) is 19.2. The van der Waals surface area contributed by atoms with Crippen LogP contribution in [-0.4, -0.2) is 20.4 Å². The Hall–Kier alpha value is -5.64. The monoisotopic (exact) mass is 836 g/mol. The van der Waals surface area contributed by atoms with E-state index in [1.54, 1.807) is 0 Å². The molecule has 4 N–H and O–H groups in total. The molecule has 0 fully saturated rings. The fourth-order valence-corrected chi connectivity index (χ4v) is 7.88. The molecule has 0 atom stereocenters. The minimum absolute atomic E-state index is 0.0789. The highest BCUT2D eigenvalue weighted by molar-refractivity contribution is 5.49. The largest absolute Gasteiger partial charge is 0.507 e. The van der Waals surface area contributed by atoms with Gasteiger partial charge < -0.3 is 39.4 Å². The predicted molar refractivity (Wildman–Crippen MR) is 242 cm³/mol. The van der Waals surface area contributed by atoms with E-state index in [0.29, 0.717) is 57.3 Å². The van der Waals surface area contributed by atoms with E-state index in [0.717, 1.165) is 33.4 Å². The van der Waals surface area contributed by atoms with Crippen molar-refractivity contribution in [2.24, 2.45) is 0 Å². The van der Waals surface area contributed by atoms with Gasteiger partial charge >= 0.3 is 0 Å². The van der Waals surface area contributed by atoms with E-state index in [4.69, 9.17) is 18.9 Å². The summed E-state index contributed by atoms with van der Waals surface area (Å²) in [5, 5.41) is 46.6. The minimum atomic E-state index is -0.229. The summed E-state index contributed by atoms with van der Waals surface area (Å²) in [5.41, 5.74) is 10.7. The average Bonchev–Trinajstić information content (AvgIpc) is 3.22. The second-order valence-electron chi connectivity index (χ2n) is 18.6. The van der Waals surface area contributed by atoms with Gasteiger partial charge in [-0.05, 0) is 106 Å². The van der Waals surface area contributed by atoms with Crippen LogP contribution in [0.4, 0.5) is 0 Å². The zero-order valence-corrected chi connectivity index (χ0v) is 36.9. The Morgan fingerprint density at radius 2 is 0.565 bits per heavy atom. The molecule has 62 heavy (non-hydrogen) atoms. The number of hydrogen-bond donors (Lipinski definition) is 4. The molecule has 8 bridgehead atoms. The number of hydrogen-bond acceptors (Lipinski definition) is 8. The lowest BCUT2D eigenvalue weighted by Gasteiger charge is -2.24. The fourth-order valence-electron chi connectivity index (χ4n) is 7.88. The Kier molecular flexibility index (Phi) is 13.7. The van der Waals surface area contributed by atoms with Crippen LogP contribution in [0.5, 0.6) is 23.0 Å². The summed E-state index contributed by atoms with van der Waals surface area (Å²) in [6.07, 6.45) is 1.28. The van der Waals surface area contributed by atoms with Crippen LogP contribution in [0.1, 0.15) is 119 Å². The standard InChI is InChI=1S/C54H60O8/c1-53(2,3)47-23-43-31-60-29-41-21-37(17-35-13-9-7-10-14-35)19-39(49(41)55)27-59-28-40-20-38(18-36-15-11-8-12-16-36)22-42(50(40)56)30-61-32-44-24-48(54(4,5)6)26-46(52(44)58)34-62-33-45(25-47)51(43)57/h7-16,19-26,55-58H,17-18,27-34H2,1-6H3. The normalized spacial score (nSPS) is 14.5. The van der Waals surface area contributed by atoms with Crippen LogP contribution in [0.2, 0.25) is 0 Å². The SMILES string of the molecule is CC(C)(C)c1cc2c(O)c(c1)COCc1cc(C(C)(C)C)cc(c1O)COCc1cc(Cc3ccccc3)cc(c1O)COCc1cc(Cc3ccccc3)cc(c1O)COC2. The van der Waals surface area contributed by atoms with Gasteiger partial charge in [0.1, 0.15) is 23.0 Å². The molecular weight excluding hydrogens is 777 g/mol. The third-order valence-corrected chi connectivity index (χ3v) is 11.5. The van der Waals surface area contributed by atoms with E-state index in [1.165, 1.54) is 0 Å². The molecular formula is C54H60O8. The fraction of sp³-hybridized carbons (Fsp3) is 0.333. The molecule has 1 aliphatic rings. The van der Waals surface area contributed by atoms with E-state index in [1.807, 2.05) is 84.9 Å². The third-order valence-electron chi connectivity index (χ3n) is 11.5. The van der Waals surface area contributed by atoms with Crippen molar-refractivity contribution >= 4 is 0 Å². The molecule has 6 aromatic carbocycles. The summed E-state index contributed by atoms with van der Waals surface area (Å²) in [6.45, 7) is 13.4. The molecule has 0 radical (unpaired) electrons. The maximum absolute atomic E-state index is 11.7. The van der Waals surface area contributed by atoms with Crippen molar-refractivity contribution in [1.82, 2.24) is 0 Å². The number of aromatic hydroxyl groups is 4. The molecule has 8 nitrogen and oxygen atoms in total. The summed E-state index contributed by atoms with van der Waals surface area (Å²) in [4.78, 5) is 0. The molecule has 7 rings (SSSR count). The predicted octanol–water partition coefficient (Wildman–Crippen LogP) is 11.5. The molecule has 1 heterocycles. The van der Waals surface area contributed by atoms with Gasteiger partial charge in [0.2, 0.25) is 0 Å². The highest BCUT2D eigenvalue weighted by Crippen LogP contribution is 2.37. The van der Waals surface area contributed by atoms with Crippen LogP contribution in [0.15, 0.2) is 109 Å². The van der Waals surface area contributed by atoms with Gasteiger partial charge in [0, 0.05) is 44.5 Å². The van der Waals surface area contributed by atoms with Gasteiger partial charge in [-0.2, -0.15) is 0 Å². The second-order valence-corrected chi connectivity index (χ2v) is 18.6. The smallest absolute Gasteiger partial charge is 0.126 e. The Bertz CT molecular complexity index is 2310. The van der Waals surface area contributed by atoms with Crippen molar-refractivity contribution in [1.29, 1.82) is 0 Å². The molecule has 0 spiro atoms. The first-order valence-corrected chi connectivity index (χ1v) is 21.4. The van der Waals surface area contributed by atoms with E-state index in [2.05, 4.69) is 65.8 Å². The number of rotatable bonds is 4. The zero-order chi connectivity index (χ0) is 44.0. The van der Waals surface area contributed by atoms with E-state index in [9.17, 15) is 20.4 Å². The summed E-state index contributed by atoms with van der Waals surface area (Å²) in [5.74, 6) is 0.331. The first kappa shape index (κ1) is 44.4. The van der Waals surface area contributed by atoms with E-state index < -0.39 is 0 Å². The Labute approximate surface area is 366 Å². The topological polar surface area (TPSA) is 118 Å². The first-order valence-electron chi connectivity index (χ1n) is 21.4. The zero-order valence-electron chi connectivity index (χ0n) is 36.9. The molecule has 0 aliphatic carbocycles. The number of ether oxygens (including phenoxy) is 4. The molecule has 0 saturated carbocycles. The van der Waals surface area contributed by atoms with E-state index >= 15 is 0 Å². The van der Waals surface area contributed by atoms with Crippen molar-refractivity contribution in [3.05, 3.63) is 187 Å². The van der Waals surface area contributed by atoms with Crippen LogP contribution in [0.25, 0.3) is 0 Å². The van der Waals surface area contributed by atoms with Crippen molar-refractivity contribution in [2.45, 2.75) is 118 Å². The molecule has 1 aliphatic heterocycles. The van der Waals surface area contributed by atoms with Crippen molar-refractivity contribution in [3.8, 4) is 23.0 Å². The molecule has 0 saturated heterocycles. The average molecular weight is 837 g/mol. The lowest BCUT2D eigenvalue weighted by molar-refractivity contribution is 0.0929. The van der Waals surface area contributed by atoms with Crippen LogP contribution < -0.4 is 0 Å². The van der Waals surface area contributed by atoms with Gasteiger partial charge in [-0.15, -0.1) is 0 Å². The summed E-state index contributed by atoms with van der Waals surface area (Å²) < 4.78 is 25.2. The lowest BCUT2D eigenvalue weighted by atomic mass is 9.84. The highest BCUT2D eigenvalue weighted by atomic mass is 16.5. The molecule has 324 valence electrons. The van der Waals surface area contributed by atoms with Gasteiger partial charge in [-0.25, -0.2) is 0 Å². The Balaban J connectivity index is 1.27. The van der Waals surface area contributed by atoms with E-state index in [-0.39, 0.29) is 86.7 Å². The van der Waals surface area contributed by atoms with Crippen molar-refractivity contribution < 1.29 is 39.4 Å². The molecule has 0 aromatic heterocycles. The number of phenolic OH excluding ortho intramolecular Hbond substituents is 4. The van der Waals surface area contributed by atoms with Gasteiger partial charge in [-0.3, -0.25) is 0 Å². The molecule has 8 heteroatoms. The maximum Gasteiger partial charge on any atom is 0.126 e. The third kappa shape index (κ3) is 11.0. The Morgan fingerprint density at radius 3 is 0.790 bits per heavy atom. The van der Waals surface area contributed by atoms with Crippen LogP contribution in [0.3, 0.4) is 0 Å². The minimum Gasteiger partial charge on any atom is -0.507 e. The first-order chi connectivity index (χ1) is 29.6. The highest BCUT2D eigenvalue weighted by Gasteiger charge is 2.23. The van der Waals surface area contributed by atoms with Gasteiger partial charge in [0.25, 0.3) is 0 Å². The van der Waals surface area contributed by atoms with Crippen molar-refractivity contribution in [3.63, 3.8) is 0 Å². The van der Waals surface area contributed by atoms with Gasteiger partial charge in [-0.1, -0.05) is 102 Å². The Morgan fingerprint density at radius 1 is 0.339 bits per heavy atom. The molecule has 0 amide bonds. The molecule has 0 unspecified atom stereocenters. The number of benzene rings is 6. The quantitative estimate of drug-likeness (QED) is 0.139. The van der Waals surface area contributed by atoms with Crippen LogP contribution >= 0.6 is 0 Å². The number of phenols is 4. The van der Waals surface area contributed by atoms with Crippen molar-refractivity contribution in [2.75, 3.05) is 0 Å². The van der Waals surface area contributed by atoms with Crippen LogP contribution in [-0.2, 0) is 95.5 Å². The summed E-state index contributed by atoms with van der Waals surface area (Å²) >= 11 is 0. The lowest BCUT2D eigenvalue weighted by Crippen LogP contribution is -2.14.